The highest BCUT2D eigenvalue weighted by molar-refractivity contribution is 7.10. The van der Waals surface area contributed by atoms with Crippen molar-refractivity contribution in [2.24, 2.45) is 0 Å². The van der Waals surface area contributed by atoms with Gasteiger partial charge in [-0.15, -0.1) is 11.3 Å². The molecule has 0 atom stereocenters. The second-order valence-corrected chi connectivity index (χ2v) is 6.20. The van der Waals surface area contributed by atoms with Gasteiger partial charge < -0.3 is 4.90 Å². The van der Waals surface area contributed by atoms with E-state index in [0.717, 1.165) is 10.4 Å². The molecule has 0 bridgehead atoms. The highest BCUT2D eigenvalue weighted by Crippen LogP contribution is 2.13. The van der Waals surface area contributed by atoms with Gasteiger partial charge in [0.1, 0.15) is 0 Å². The van der Waals surface area contributed by atoms with Gasteiger partial charge in [0.2, 0.25) is 5.91 Å². The van der Waals surface area contributed by atoms with E-state index < -0.39 is 0 Å². The number of rotatable bonds is 5. The Bertz CT molecular complexity index is 679. The van der Waals surface area contributed by atoms with Crippen LogP contribution in [0.15, 0.2) is 47.9 Å². The summed E-state index contributed by atoms with van der Waals surface area (Å²) in [6.45, 7) is 4.54. The third-order valence-electron chi connectivity index (χ3n) is 3.28. The smallest absolute Gasteiger partial charge is 0.247 e. The van der Waals surface area contributed by atoms with Gasteiger partial charge in [-0.25, -0.2) is 0 Å². The predicted molar refractivity (Wildman–Crippen MR) is 90.2 cm³/mol. The van der Waals surface area contributed by atoms with E-state index in [4.69, 9.17) is 5.26 Å². The minimum absolute atomic E-state index is 0.00670. The Morgan fingerprint density at radius 2 is 2.05 bits per heavy atom. The fourth-order valence-electron chi connectivity index (χ4n) is 2.03. The van der Waals surface area contributed by atoms with E-state index in [1.165, 1.54) is 0 Å². The number of amides is 1. The molecule has 3 nitrogen and oxygen atoms in total. The minimum Gasteiger partial charge on any atom is -0.332 e. The Kier molecular flexibility index (Phi) is 5.51. The lowest BCUT2D eigenvalue weighted by Gasteiger charge is -2.25. The normalized spacial score (nSPS) is 10.8. The predicted octanol–water partition coefficient (Wildman–Crippen LogP) is 4.07. The minimum atomic E-state index is -0.00670. The highest BCUT2D eigenvalue weighted by atomic mass is 32.1. The molecule has 2 rings (SSSR count). The molecule has 0 N–H and O–H groups in total. The van der Waals surface area contributed by atoms with Gasteiger partial charge in [-0.05, 0) is 49.1 Å². The van der Waals surface area contributed by atoms with Gasteiger partial charge >= 0.3 is 0 Å². The van der Waals surface area contributed by atoms with Crippen LogP contribution in [0.4, 0.5) is 0 Å². The maximum atomic E-state index is 12.4. The Balaban J connectivity index is 2.08. The Labute approximate surface area is 135 Å². The molecule has 0 spiro atoms. The highest BCUT2D eigenvalue weighted by Gasteiger charge is 2.14. The molecule has 0 aliphatic carbocycles. The van der Waals surface area contributed by atoms with E-state index in [-0.39, 0.29) is 11.9 Å². The second-order valence-electron chi connectivity index (χ2n) is 5.22. The van der Waals surface area contributed by atoms with E-state index in [0.29, 0.717) is 12.1 Å². The Morgan fingerprint density at radius 3 is 2.59 bits per heavy atom. The first-order valence-corrected chi connectivity index (χ1v) is 7.99. The van der Waals surface area contributed by atoms with Gasteiger partial charge in [0.25, 0.3) is 0 Å². The summed E-state index contributed by atoms with van der Waals surface area (Å²) in [7, 11) is 0. The van der Waals surface area contributed by atoms with E-state index in [1.807, 2.05) is 54.5 Å². The summed E-state index contributed by atoms with van der Waals surface area (Å²) in [5, 5.41) is 10.8. The lowest BCUT2D eigenvalue weighted by molar-refractivity contribution is -0.128. The lowest BCUT2D eigenvalue weighted by Crippen LogP contribution is -2.35. The molecule has 0 aliphatic rings. The average molecular weight is 310 g/mol. The van der Waals surface area contributed by atoms with E-state index >= 15 is 0 Å². The summed E-state index contributed by atoms with van der Waals surface area (Å²) < 4.78 is 0. The summed E-state index contributed by atoms with van der Waals surface area (Å²) in [6.07, 6.45) is 3.47. The van der Waals surface area contributed by atoms with E-state index in [2.05, 4.69) is 6.07 Å². The summed E-state index contributed by atoms with van der Waals surface area (Å²) in [4.78, 5) is 15.3. The molecule has 4 heteroatoms. The van der Waals surface area contributed by atoms with Crippen molar-refractivity contribution in [2.75, 3.05) is 0 Å². The fraction of sp³-hybridized carbons (Fsp3) is 0.222. The molecule has 1 aromatic heterocycles. The summed E-state index contributed by atoms with van der Waals surface area (Å²) in [6, 6.07) is 13.5. The van der Waals surface area contributed by atoms with Gasteiger partial charge in [0.15, 0.2) is 0 Å². The number of hydrogen-bond acceptors (Lipinski definition) is 3. The zero-order valence-electron chi connectivity index (χ0n) is 12.7. The third kappa shape index (κ3) is 4.31. The van der Waals surface area contributed by atoms with Gasteiger partial charge in [-0.2, -0.15) is 5.26 Å². The first-order valence-electron chi connectivity index (χ1n) is 7.11. The van der Waals surface area contributed by atoms with Crippen LogP contribution in [0.2, 0.25) is 0 Å². The van der Waals surface area contributed by atoms with Crippen molar-refractivity contribution in [1.29, 1.82) is 5.26 Å². The molecule has 2 aromatic rings. The number of hydrogen-bond donors (Lipinski definition) is 0. The van der Waals surface area contributed by atoms with Crippen LogP contribution in [-0.2, 0) is 11.3 Å². The molecule has 0 saturated heterocycles. The van der Waals surface area contributed by atoms with Crippen LogP contribution in [0.1, 0.15) is 29.9 Å². The van der Waals surface area contributed by atoms with Gasteiger partial charge in [-0.3, -0.25) is 4.79 Å². The van der Waals surface area contributed by atoms with Crippen LogP contribution in [0.5, 0.6) is 0 Å². The zero-order chi connectivity index (χ0) is 15.9. The third-order valence-corrected chi connectivity index (χ3v) is 4.11. The maximum Gasteiger partial charge on any atom is 0.247 e. The molecular formula is C18H18N2OS. The summed E-state index contributed by atoms with van der Waals surface area (Å²) in [5.41, 5.74) is 1.65. The molecule has 0 fully saturated rings. The number of thiophene rings is 1. The van der Waals surface area contributed by atoms with Crippen LogP contribution >= 0.6 is 11.3 Å². The average Bonchev–Trinajstić information content (AvgIpc) is 3.04. The SMILES string of the molecule is CC(C)N(Cc1ccc(C#N)cc1)C(=O)/C=C/c1cccs1. The van der Waals surface area contributed by atoms with Crippen LogP contribution in [0.3, 0.4) is 0 Å². The zero-order valence-corrected chi connectivity index (χ0v) is 13.5. The Morgan fingerprint density at radius 1 is 1.32 bits per heavy atom. The summed E-state index contributed by atoms with van der Waals surface area (Å²) >= 11 is 1.60. The van der Waals surface area contributed by atoms with Crippen molar-refractivity contribution in [1.82, 2.24) is 4.90 Å². The van der Waals surface area contributed by atoms with E-state index in [1.54, 1.807) is 29.5 Å². The fourth-order valence-corrected chi connectivity index (χ4v) is 2.65. The summed E-state index contributed by atoms with van der Waals surface area (Å²) in [5.74, 6) is -0.00670. The standard InChI is InChI=1S/C18H18N2OS/c1-14(2)20(13-16-7-5-15(12-19)6-8-16)18(21)10-9-17-4-3-11-22-17/h3-11,14H,13H2,1-2H3/b10-9+. The van der Waals surface area contributed by atoms with E-state index in [9.17, 15) is 4.79 Å². The Hall–Kier alpha value is -2.38. The van der Waals surface area contributed by atoms with Gasteiger partial charge in [-0.1, -0.05) is 18.2 Å². The molecule has 1 amide bonds. The maximum absolute atomic E-state index is 12.4. The van der Waals surface area contributed by atoms with Crippen LogP contribution in [0.25, 0.3) is 6.08 Å². The van der Waals surface area contributed by atoms with Crippen LogP contribution in [0, 0.1) is 11.3 Å². The quantitative estimate of drug-likeness (QED) is 0.781. The molecule has 112 valence electrons. The number of nitriles is 1. The lowest BCUT2D eigenvalue weighted by atomic mass is 10.1. The molecule has 1 heterocycles. The molecule has 0 saturated carbocycles. The monoisotopic (exact) mass is 310 g/mol. The first kappa shape index (κ1) is 16.0. The van der Waals surface area contributed by atoms with Gasteiger partial charge in [0, 0.05) is 23.5 Å². The van der Waals surface area contributed by atoms with Gasteiger partial charge in [0.05, 0.1) is 11.6 Å². The van der Waals surface area contributed by atoms with Crippen LogP contribution < -0.4 is 0 Å². The molecular weight excluding hydrogens is 292 g/mol. The van der Waals surface area contributed by atoms with Crippen LogP contribution in [-0.4, -0.2) is 16.8 Å². The molecule has 1 aromatic carbocycles. The molecule has 0 unspecified atom stereocenters. The number of benzene rings is 1. The molecule has 22 heavy (non-hydrogen) atoms. The van der Waals surface area contributed by atoms with Crippen molar-refractivity contribution < 1.29 is 4.79 Å². The topological polar surface area (TPSA) is 44.1 Å². The first-order chi connectivity index (χ1) is 10.6. The second kappa shape index (κ2) is 7.58. The van der Waals surface area contributed by atoms with Crippen molar-refractivity contribution >= 4 is 23.3 Å². The van der Waals surface area contributed by atoms with Crippen molar-refractivity contribution in [3.8, 4) is 6.07 Å². The number of nitrogens with zero attached hydrogens (tertiary/aromatic N) is 2. The van der Waals surface area contributed by atoms with Crippen molar-refractivity contribution in [3.63, 3.8) is 0 Å². The van der Waals surface area contributed by atoms with Crippen molar-refractivity contribution in [2.45, 2.75) is 26.4 Å². The number of carbonyl (C=O) groups is 1. The molecule has 0 aliphatic heterocycles. The molecule has 0 radical (unpaired) electrons. The largest absolute Gasteiger partial charge is 0.332 e. The van der Waals surface area contributed by atoms with Crippen molar-refractivity contribution in [3.05, 3.63) is 63.9 Å². The number of carbonyl (C=O) groups excluding carboxylic acids is 1.